The zero-order valence-electron chi connectivity index (χ0n) is 14.5. The molecule has 0 unspecified atom stereocenters. The lowest BCUT2D eigenvalue weighted by Gasteiger charge is -2.09. The molecule has 0 atom stereocenters. The molecule has 5 heteroatoms. The van der Waals surface area contributed by atoms with Gasteiger partial charge in [0.05, 0.1) is 24.9 Å². The van der Waals surface area contributed by atoms with Crippen LogP contribution in [0, 0.1) is 0 Å². The minimum atomic E-state index is -0.123. The van der Waals surface area contributed by atoms with Gasteiger partial charge < -0.3 is 0 Å². The van der Waals surface area contributed by atoms with Gasteiger partial charge in [0.15, 0.2) is 5.52 Å². The molecule has 0 amide bonds. The zero-order valence-corrected chi connectivity index (χ0v) is 14.5. The third-order valence-electron chi connectivity index (χ3n) is 4.88. The van der Waals surface area contributed by atoms with E-state index in [0.29, 0.717) is 17.6 Å². The van der Waals surface area contributed by atoms with Crippen molar-refractivity contribution in [2.24, 2.45) is 4.99 Å². The van der Waals surface area contributed by atoms with E-state index in [1.54, 1.807) is 29.2 Å². The van der Waals surface area contributed by atoms with Crippen LogP contribution in [0.15, 0.2) is 76.9 Å². The molecule has 130 valence electrons. The molecule has 5 rings (SSSR count). The van der Waals surface area contributed by atoms with Crippen molar-refractivity contribution in [2.75, 3.05) is 0 Å². The Bertz CT molecular complexity index is 1240. The number of hydrogen-bond donors (Lipinski definition) is 0. The van der Waals surface area contributed by atoms with Crippen LogP contribution in [0.1, 0.15) is 16.7 Å². The normalized spacial score (nSPS) is 12.4. The lowest BCUT2D eigenvalue weighted by Crippen LogP contribution is -2.21. The second kappa shape index (κ2) is 6.29. The summed E-state index contributed by atoms with van der Waals surface area (Å²) in [6.07, 6.45) is 5.15. The monoisotopic (exact) mass is 352 g/mol. The van der Waals surface area contributed by atoms with E-state index in [2.05, 4.69) is 57.4 Å². The fourth-order valence-corrected chi connectivity index (χ4v) is 3.48. The lowest BCUT2D eigenvalue weighted by molar-refractivity contribution is 0.746. The third-order valence-corrected chi connectivity index (χ3v) is 4.88. The van der Waals surface area contributed by atoms with Crippen molar-refractivity contribution < 1.29 is 0 Å². The summed E-state index contributed by atoms with van der Waals surface area (Å²) >= 11 is 0. The Kier molecular flexibility index (Phi) is 3.64. The molecule has 5 nitrogen and oxygen atoms in total. The standard InChI is InChI=1S/C22H16N4O/c27-22-21-20(5-2-10-24-21)25-14-26(22)13-15-6-8-16(9-7-15)18-4-1-3-17-11-23-12-19(17)18/h1-10,12,14H,11,13H2. The number of benzene rings is 2. The molecule has 0 radical (unpaired) electrons. The maximum absolute atomic E-state index is 12.6. The van der Waals surface area contributed by atoms with Crippen molar-refractivity contribution in [3.05, 3.63) is 94.2 Å². The first-order valence-electron chi connectivity index (χ1n) is 8.81. The smallest absolute Gasteiger partial charge is 0.280 e. The second-order valence-corrected chi connectivity index (χ2v) is 6.59. The van der Waals surface area contributed by atoms with Crippen LogP contribution in [0.2, 0.25) is 0 Å². The van der Waals surface area contributed by atoms with E-state index in [-0.39, 0.29) is 5.56 Å². The summed E-state index contributed by atoms with van der Waals surface area (Å²) in [7, 11) is 0. The van der Waals surface area contributed by atoms with Gasteiger partial charge in [-0.15, -0.1) is 0 Å². The van der Waals surface area contributed by atoms with Crippen LogP contribution in [0.25, 0.3) is 22.2 Å². The van der Waals surface area contributed by atoms with Gasteiger partial charge in [-0.2, -0.15) is 0 Å². The number of nitrogens with zero attached hydrogens (tertiary/aromatic N) is 4. The van der Waals surface area contributed by atoms with Crippen molar-refractivity contribution in [1.82, 2.24) is 14.5 Å². The predicted molar refractivity (Wildman–Crippen MR) is 106 cm³/mol. The summed E-state index contributed by atoms with van der Waals surface area (Å²) in [5.74, 6) is 0. The fraction of sp³-hybridized carbons (Fsp3) is 0.0909. The maximum Gasteiger partial charge on any atom is 0.280 e. The van der Waals surface area contributed by atoms with Gasteiger partial charge in [-0.3, -0.25) is 14.4 Å². The van der Waals surface area contributed by atoms with E-state index < -0.39 is 0 Å². The van der Waals surface area contributed by atoms with E-state index >= 15 is 0 Å². The summed E-state index contributed by atoms with van der Waals surface area (Å²) in [6.45, 7) is 1.22. The first kappa shape index (κ1) is 15.6. The van der Waals surface area contributed by atoms with E-state index in [9.17, 15) is 4.79 Å². The van der Waals surface area contributed by atoms with Crippen LogP contribution in [-0.4, -0.2) is 20.7 Å². The molecule has 27 heavy (non-hydrogen) atoms. The van der Waals surface area contributed by atoms with Crippen LogP contribution >= 0.6 is 0 Å². The molecule has 0 spiro atoms. The molecule has 0 N–H and O–H groups in total. The second-order valence-electron chi connectivity index (χ2n) is 6.59. The van der Waals surface area contributed by atoms with E-state index in [1.807, 2.05) is 6.21 Å². The minimum absolute atomic E-state index is 0.123. The van der Waals surface area contributed by atoms with Crippen LogP contribution < -0.4 is 5.56 Å². The molecule has 1 aliphatic rings. The highest BCUT2D eigenvalue weighted by atomic mass is 16.1. The van der Waals surface area contributed by atoms with Gasteiger partial charge in [-0.1, -0.05) is 42.5 Å². The molecule has 1 aliphatic heterocycles. The molecule has 3 heterocycles. The van der Waals surface area contributed by atoms with Gasteiger partial charge in [0.25, 0.3) is 5.56 Å². The average Bonchev–Trinajstić information content (AvgIpc) is 3.20. The highest BCUT2D eigenvalue weighted by Crippen LogP contribution is 2.28. The van der Waals surface area contributed by atoms with E-state index in [0.717, 1.165) is 17.7 Å². The summed E-state index contributed by atoms with van der Waals surface area (Å²) in [5, 5.41) is 0. The number of fused-ring (bicyclic) bond motifs is 2. The number of pyridine rings is 1. The molecule has 0 saturated carbocycles. The van der Waals surface area contributed by atoms with Crippen LogP contribution in [-0.2, 0) is 13.1 Å². The van der Waals surface area contributed by atoms with Crippen molar-refractivity contribution in [2.45, 2.75) is 13.1 Å². The first-order valence-corrected chi connectivity index (χ1v) is 8.81. The highest BCUT2D eigenvalue weighted by molar-refractivity contribution is 5.94. The fourth-order valence-electron chi connectivity index (χ4n) is 3.48. The van der Waals surface area contributed by atoms with Crippen LogP contribution in [0.3, 0.4) is 0 Å². The highest BCUT2D eigenvalue weighted by Gasteiger charge is 2.12. The predicted octanol–water partition coefficient (Wildman–Crippen LogP) is 3.44. The molecule has 0 fully saturated rings. The van der Waals surface area contributed by atoms with Gasteiger partial charge in [-0.05, 0) is 34.4 Å². The van der Waals surface area contributed by atoms with Gasteiger partial charge in [0, 0.05) is 18.0 Å². The summed E-state index contributed by atoms with van der Waals surface area (Å²) < 4.78 is 1.59. The molecule has 0 saturated heterocycles. The SMILES string of the molecule is O=c1c2ncccc2ncn1Cc1ccc(-c2cccc3c2C=NC3)cc1. The lowest BCUT2D eigenvalue weighted by atomic mass is 9.96. The number of hydrogen-bond acceptors (Lipinski definition) is 4. The maximum atomic E-state index is 12.6. The number of rotatable bonds is 3. The number of aliphatic imine (C=N–C) groups is 1. The summed E-state index contributed by atoms with van der Waals surface area (Å²) in [5.41, 5.74) is 6.73. The van der Waals surface area contributed by atoms with Crippen LogP contribution in [0.5, 0.6) is 0 Å². The summed E-state index contributed by atoms with van der Waals surface area (Å²) in [4.78, 5) is 25.5. The molecular formula is C22H16N4O. The Morgan fingerprint density at radius 1 is 0.963 bits per heavy atom. The zero-order chi connectivity index (χ0) is 18.2. The molecule has 4 aromatic rings. The molecule has 0 aliphatic carbocycles. The minimum Gasteiger partial charge on any atom is -0.293 e. The average molecular weight is 352 g/mol. The Hall–Kier alpha value is -3.60. The van der Waals surface area contributed by atoms with Gasteiger partial charge in [-0.25, -0.2) is 9.97 Å². The molecular weight excluding hydrogens is 336 g/mol. The molecule has 0 bridgehead atoms. The van der Waals surface area contributed by atoms with Gasteiger partial charge in [0.2, 0.25) is 0 Å². The molecule has 2 aromatic heterocycles. The van der Waals surface area contributed by atoms with Crippen molar-refractivity contribution in [1.29, 1.82) is 0 Å². The van der Waals surface area contributed by atoms with Crippen LogP contribution in [0.4, 0.5) is 0 Å². The Morgan fingerprint density at radius 3 is 2.74 bits per heavy atom. The topological polar surface area (TPSA) is 60.1 Å². The van der Waals surface area contributed by atoms with Gasteiger partial charge >= 0.3 is 0 Å². The van der Waals surface area contributed by atoms with Crippen molar-refractivity contribution >= 4 is 17.2 Å². The van der Waals surface area contributed by atoms with E-state index in [4.69, 9.17) is 0 Å². The molecule has 2 aromatic carbocycles. The Morgan fingerprint density at radius 2 is 1.85 bits per heavy atom. The Labute approximate surface area is 155 Å². The first-order chi connectivity index (χ1) is 13.3. The van der Waals surface area contributed by atoms with Crippen molar-refractivity contribution in [3.8, 4) is 11.1 Å². The van der Waals surface area contributed by atoms with Crippen molar-refractivity contribution in [3.63, 3.8) is 0 Å². The quantitative estimate of drug-likeness (QED) is 0.567. The third kappa shape index (κ3) is 2.73. The van der Waals surface area contributed by atoms with E-state index in [1.165, 1.54) is 16.7 Å². The van der Waals surface area contributed by atoms with Gasteiger partial charge in [0.1, 0.15) is 0 Å². The largest absolute Gasteiger partial charge is 0.293 e. The Balaban J connectivity index is 1.47. The number of aromatic nitrogens is 3. The summed E-state index contributed by atoms with van der Waals surface area (Å²) in [6, 6.07) is 18.2.